The van der Waals surface area contributed by atoms with Gasteiger partial charge in [-0.15, -0.1) is 0 Å². The summed E-state index contributed by atoms with van der Waals surface area (Å²) in [5.41, 5.74) is -0.350. The average Bonchev–Trinajstić information content (AvgIpc) is 2.70. The fourth-order valence-electron chi connectivity index (χ4n) is 5.97. The van der Waals surface area contributed by atoms with E-state index in [2.05, 4.69) is 0 Å². The SMILES string of the molecule is CN(C)[C@H]1C(=O)C(C(N)=O)C(=O)[C@@]2(O)C(=O)C3C(=O)c4c(O)cccc4[C@@](C)(O)C3C(O)C12. The van der Waals surface area contributed by atoms with E-state index in [1.54, 1.807) is 0 Å². The Balaban J connectivity index is 2.01. The Kier molecular flexibility index (Phi) is 4.92. The Labute approximate surface area is 187 Å². The first-order valence-corrected chi connectivity index (χ1v) is 10.3. The van der Waals surface area contributed by atoms with Crippen molar-refractivity contribution >= 4 is 29.0 Å². The van der Waals surface area contributed by atoms with Crippen LogP contribution in [0.15, 0.2) is 18.2 Å². The fourth-order valence-corrected chi connectivity index (χ4v) is 5.97. The van der Waals surface area contributed by atoms with Gasteiger partial charge in [0, 0.05) is 5.92 Å². The number of primary amides is 1. The molecule has 1 amide bonds. The number of aliphatic hydroxyl groups excluding tert-OH is 1. The summed E-state index contributed by atoms with van der Waals surface area (Å²) >= 11 is 0. The third kappa shape index (κ3) is 2.67. The van der Waals surface area contributed by atoms with Gasteiger partial charge in [0.2, 0.25) is 5.91 Å². The smallest absolute Gasteiger partial charge is 0.235 e. The van der Waals surface area contributed by atoms with Crippen LogP contribution >= 0.6 is 0 Å². The quantitative estimate of drug-likeness (QED) is 0.294. The molecule has 1 aromatic carbocycles. The van der Waals surface area contributed by atoms with E-state index in [0.29, 0.717) is 0 Å². The number of carbonyl (C=O) groups is 5. The van der Waals surface area contributed by atoms with Crippen molar-refractivity contribution in [1.29, 1.82) is 0 Å². The van der Waals surface area contributed by atoms with E-state index >= 15 is 0 Å². The topological polar surface area (TPSA) is 196 Å². The minimum Gasteiger partial charge on any atom is -0.507 e. The van der Waals surface area contributed by atoms with E-state index in [-0.39, 0.29) is 11.1 Å². The van der Waals surface area contributed by atoms with Gasteiger partial charge in [0.25, 0.3) is 0 Å². The zero-order valence-electron chi connectivity index (χ0n) is 18.1. The minimum atomic E-state index is -3.10. The van der Waals surface area contributed by atoms with Crippen LogP contribution in [-0.2, 0) is 24.8 Å². The molecule has 5 unspecified atom stereocenters. The second kappa shape index (κ2) is 7.00. The van der Waals surface area contributed by atoms with Crippen molar-refractivity contribution in [2.45, 2.75) is 30.3 Å². The van der Waals surface area contributed by atoms with Gasteiger partial charge in [0.15, 0.2) is 34.7 Å². The van der Waals surface area contributed by atoms with Crippen LogP contribution in [0.4, 0.5) is 0 Å². The largest absolute Gasteiger partial charge is 0.507 e. The summed E-state index contributed by atoms with van der Waals surface area (Å²) in [6.45, 7) is 1.24. The Morgan fingerprint density at radius 1 is 1.06 bits per heavy atom. The molecule has 3 aliphatic carbocycles. The molecule has 4 rings (SSSR count). The number of hydrogen-bond acceptors (Lipinski definition) is 10. The van der Waals surface area contributed by atoms with Gasteiger partial charge < -0.3 is 26.2 Å². The highest BCUT2D eigenvalue weighted by atomic mass is 16.3. The minimum absolute atomic E-state index is 0.0454. The standard InChI is InChI=1S/C22H24N2O9/c1-21(32)7-5-4-6-8(25)9(7)15(26)10-12(21)17(28)13-14(24(2)3)16(27)11(20(23)31)19(30)22(13,33)18(10)29/h4-6,10-14,17,25,28,32-33H,1-3H3,(H2,23,31)/t10?,11?,12?,13?,14-,17?,21-,22+/m1/s1. The number of amides is 1. The van der Waals surface area contributed by atoms with Gasteiger partial charge >= 0.3 is 0 Å². The Morgan fingerprint density at radius 2 is 1.67 bits per heavy atom. The molecule has 2 saturated carbocycles. The lowest BCUT2D eigenvalue weighted by Gasteiger charge is -2.57. The van der Waals surface area contributed by atoms with E-state index < -0.39 is 81.8 Å². The molecule has 0 saturated heterocycles. The lowest BCUT2D eigenvalue weighted by molar-refractivity contribution is -0.210. The molecule has 0 radical (unpaired) electrons. The summed E-state index contributed by atoms with van der Waals surface area (Å²) in [5.74, 6) is -14.2. The molecule has 3 aliphatic rings. The number of aliphatic hydroxyl groups is 3. The van der Waals surface area contributed by atoms with Gasteiger partial charge in [-0.3, -0.25) is 28.9 Å². The highest BCUT2D eigenvalue weighted by molar-refractivity contribution is 6.32. The zero-order chi connectivity index (χ0) is 24.8. The molecule has 11 heteroatoms. The monoisotopic (exact) mass is 460 g/mol. The average molecular weight is 460 g/mol. The molecule has 0 aliphatic heterocycles. The normalized spacial score (nSPS) is 40.3. The molecule has 0 bridgehead atoms. The molecule has 0 spiro atoms. The highest BCUT2D eigenvalue weighted by Crippen LogP contribution is 2.55. The van der Waals surface area contributed by atoms with Crippen LogP contribution in [0.1, 0.15) is 22.8 Å². The first-order valence-electron chi connectivity index (χ1n) is 10.3. The lowest BCUT2D eigenvalue weighted by atomic mass is 9.48. The van der Waals surface area contributed by atoms with Crippen LogP contribution in [0.3, 0.4) is 0 Å². The van der Waals surface area contributed by atoms with Crippen molar-refractivity contribution < 1.29 is 44.4 Å². The summed E-state index contributed by atoms with van der Waals surface area (Å²) in [6.07, 6.45) is -1.90. The number of phenolic OH excluding ortho intramolecular Hbond substituents is 1. The molecular weight excluding hydrogens is 436 g/mol. The van der Waals surface area contributed by atoms with Crippen LogP contribution in [0.25, 0.3) is 0 Å². The Bertz CT molecular complexity index is 1130. The maximum absolute atomic E-state index is 13.7. The van der Waals surface area contributed by atoms with Crippen molar-refractivity contribution in [1.82, 2.24) is 4.90 Å². The summed E-state index contributed by atoms with van der Waals surface area (Å²) in [7, 11) is 2.77. The fraction of sp³-hybridized carbons (Fsp3) is 0.500. The molecule has 176 valence electrons. The summed E-state index contributed by atoms with van der Waals surface area (Å²) in [5, 5.41) is 44.5. The second-order valence-corrected chi connectivity index (χ2v) is 9.37. The number of benzene rings is 1. The number of hydrogen-bond donors (Lipinski definition) is 5. The number of rotatable bonds is 2. The zero-order valence-corrected chi connectivity index (χ0v) is 18.1. The van der Waals surface area contributed by atoms with Gasteiger partial charge in [0.05, 0.1) is 35.1 Å². The molecular formula is C22H24N2O9. The third-order valence-electron chi connectivity index (χ3n) is 7.40. The lowest BCUT2D eigenvalue weighted by Crippen LogP contribution is -2.78. The van der Waals surface area contributed by atoms with Crippen molar-refractivity contribution in [2.24, 2.45) is 29.4 Å². The summed E-state index contributed by atoms with van der Waals surface area (Å²) < 4.78 is 0. The Morgan fingerprint density at radius 3 is 2.21 bits per heavy atom. The first-order chi connectivity index (χ1) is 15.2. The maximum Gasteiger partial charge on any atom is 0.235 e. The predicted molar refractivity (Wildman–Crippen MR) is 109 cm³/mol. The highest BCUT2D eigenvalue weighted by Gasteiger charge is 2.74. The van der Waals surface area contributed by atoms with Gasteiger partial charge in [-0.05, 0) is 32.6 Å². The van der Waals surface area contributed by atoms with Crippen LogP contribution < -0.4 is 5.73 Å². The molecule has 0 aromatic heterocycles. The van der Waals surface area contributed by atoms with Crippen LogP contribution in [-0.4, -0.2) is 86.2 Å². The molecule has 2 fully saturated rings. The summed E-state index contributed by atoms with van der Waals surface area (Å²) in [6, 6.07) is 2.40. The van der Waals surface area contributed by atoms with E-state index in [0.717, 1.165) is 0 Å². The number of carbonyl (C=O) groups excluding carboxylic acids is 5. The third-order valence-corrected chi connectivity index (χ3v) is 7.40. The van der Waals surface area contributed by atoms with Crippen LogP contribution in [0.5, 0.6) is 5.75 Å². The predicted octanol–water partition coefficient (Wildman–Crippen LogP) is -2.50. The number of phenols is 1. The Hall–Kier alpha value is -2.99. The molecule has 8 atom stereocenters. The van der Waals surface area contributed by atoms with Gasteiger partial charge in [0.1, 0.15) is 5.75 Å². The summed E-state index contributed by atoms with van der Waals surface area (Å²) in [4.78, 5) is 66.4. The number of nitrogens with two attached hydrogens (primary N) is 1. The number of ketones is 4. The van der Waals surface area contributed by atoms with E-state index in [1.165, 1.54) is 44.1 Å². The second-order valence-electron chi connectivity index (χ2n) is 9.37. The maximum atomic E-state index is 13.7. The number of Topliss-reactive ketones (excluding diaryl/α,β-unsaturated/α-hetero) is 4. The van der Waals surface area contributed by atoms with E-state index in [4.69, 9.17) is 5.73 Å². The van der Waals surface area contributed by atoms with Crippen LogP contribution in [0.2, 0.25) is 0 Å². The number of aromatic hydroxyl groups is 1. The molecule has 0 heterocycles. The molecule has 11 nitrogen and oxygen atoms in total. The van der Waals surface area contributed by atoms with Crippen molar-refractivity contribution in [3.63, 3.8) is 0 Å². The van der Waals surface area contributed by atoms with Crippen molar-refractivity contribution in [3.8, 4) is 5.75 Å². The number of likely N-dealkylation sites (N-methyl/N-ethyl adjacent to an activating group) is 1. The van der Waals surface area contributed by atoms with Crippen LogP contribution in [0, 0.1) is 23.7 Å². The molecule has 33 heavy (non-hydrogen) atoms. The van der Waals surface area contributed by atoms with E-state index in [1.807, 2.05) is 0 Å². The van der Waals surface area contributed by atoms with Crippen molar-refractivity contribution in [3.05, 3.63) is 29.3 Å². The molecule has 1 aromatic rings. The van der Waals surface area contributed by atoms with Gasteiger partial charge in [-0.1, -0.05) is 12.1 Å². The molecule has 6 N–H and O–H groups in total. The van der Waals surface area contributed by atoms with Crippen molar-refractivity contribution in [2.75, 3.05) is 14.1 Å². The van der Waals surface area contributed by atoms with Gasteiger partial charge in [-0.25, -0.2) is 0 Å². The first kappa shape index (κ1) is 23.2. The number of fused-ring (bicyclic) bond motifs is 3. The van der Waals surface area contributed by atoms with E-state index in [9.17, 15) is 44.4 Å². The van der Waals surface area contributed by atoms with Gasteiger partial charge in [-0.2, -0.15) is 0 Å². The number of nitrogens with zero attached hydrogens (tertiary/aromatic N) is 1.